The van der Waals surface area contributed by atoms with Crippen molar-refractivity contribution in [2.45, 2.75) is 18.2 Å². The number of rotatable bonds is 7. The zero-order valence-electron chi connectivity index (χ0n) is 10.7. The number of nitrogen functional groups attached to an aromatic ring is 1. The number of sulfone groups is 1. The molecule has 6 heteroatoms. The Hall–Kier alpha value is -0.880. The van der Waals surface area contributed by atoms with Gasteiger partial charge in [0.2, 0.25) is 0 Å². The van der Waals surface area contributed by atoms with Crippen LogP contribution in [-0.4, -0.2) is 32.8 Å². The molecular weight excluding hydrogens is 270 g/mol. The number of hydrogen-bond donors (Lipinski definition) is 1. The van der Waals surface area contributed by atoms with Gasteiger partial charge < -0.3 is 10.5 Å². The van der Waals surface area contributed by atoms with Gasteiger partial charge >= 0.3 is 0 Å². The molecule has 4 nitrogen and oxygen atoms in total. The summed E-state index contributed by atoms with van der Waals surface area (Å²) in [5.74, 6) is 1.38. The van der Waals surface area contributed by atoms with Gasteiger partial charge in [-0.05, 0) is 24.6 Å². The fraction of sp³-hybridized carbons (Fsp3) is 0.500. The first-order chi connectivity index (χ1) is 8.42. The fourth-order valence-electron chi connectivity index (χ4n) is 1.25. The van der Waals surface area contributed by atoms with E-state index >= 15 is 0 Å². The van der Waals surface area contributed by atoms with Gasteiger partial charge in [0.15, 0.2) is 0 Å². The summed E-state index contributed by atoms with van der Waals surface area (Å²) >= 11 is 1.49. The first kappa shape index (κ1) is 15.2. The van der Waals surface area contributed by atoms with Gasteiger partial charge in [-0.3, -0.25) is 0 Å². The van der Waals surface area contributed by atoms with E-state index in [1.807, 2.05) is 19.1 Å². The minimum absolute atomic E-state index is 0.174. The van der Waals surface area contributed by atoms with E-state index in [1.165, 1.54) is 18.0 Å². The van der Waals surface area contributed by atoms with Crippen molar-refractivity contribution in [3.63, 3.8) is 0 Å². The lowest BCUT2D eigenvalue weighted by atomic mass is 10.3. The second-order valence-corrected chi connectivity index (χ2v) is 7.45. The molecule has 2 N–H and O–H groups in total. The van der Waals surface area contributed by atoms with Gasteiger partial charge in [0.05, 0.1) is 18.0 Å². The highest BCUT2D eigenvalue weighted by atomic mass is 32.2. The summed E-state index contributed by atoms with van der Waals surface area (Å²) < 4.78 is 27.6. The summed E-state index contributed by atoms with van der Waals surface area (Å²) in [6, 6.07) is 5.52. The fourth-order valence-corrected chi connectivity index (χ4v) is 3.39. The Bertz CT molecular complexity index is 486. The van der Waals surface area contributed by atoms with Gasteiger partial charge in [0.25, 0.3) is 0 Å². The van der Waals surface area contributed by atoms with Crippen molar-refractivity contribution in [3.8, 4) is 5.75 Å². The standard InChI is InChI=1S/C12H19NO3S2/c1-3-6-16-12-9-10(4-5-11(12)13)17-7-8-18(2,14)15/h4-5,9H,3,6-8,13H2,1-2H3. The zero-order chi connectivity index (χ0) is 13.6. The molecule has 0 atom stereocenters. The normalized spacial score (nSPS) is 11.4. The van der Waals surface area contributed by atoms with Crippen LogP contribution in [0.25, 0.3) is 0 Å². The molecule has 0 aliphatic rings. The van der Waals surface area contributed by atoms with Crippen LogP contribution < -0.4 is 10.5 Å². The average molecular weight is 289 g/mol. The SMILES string of the molecule is CCCOc1cc(SCCS(C)(=O)=O)ccc1N. The van der Waals surface area contributed by atoms with Gasteiger partial charge in [-0.1, -0.05) is 6.92 Å². The van der Waals surface area contributed by atoms with Gasteiger partial charge in [-0.2, -0.15) is 0 Å². The molecule has 18 heavy (non-hydrogen) atoms. The van der Waals surface area contributed by atoms with E-state index in [9.17, 15) is 8.42 Å². The third-order valence-corrected chi connectivity index (χ3v) is 4.37. The molecule has 0 heterocycles. The molecule has 102 valence electrons. The van der Waals surface area contributed by atoms with Gasteiger partial charge in [0, 0.05) is 16.9 Å². The summed E-state index contributed by atoms with van der Waals surface area (Å²) in [5.41, 5.74) is 6.41. The Balaban J connectivity index is 2.61. The monoisotopic (exact) mass is 289 g/mol. The summed E-state index contributed by atoms with van der Waals surface area (Å²) in [5, 5.41) is 0. The topological polar surface area (TPSA) is 69.4 Å². The Kier molecular flexibility index (Phi) is 5.81. The minimum atomic E-state index is -2.90. The second kappa shape index (κ2) is 6.89. The number of nitrogens with two attached hydrogens (primary N) is 1. The van der Waals surface area contributed by atoms with Crippen LogP contribution in [-0.2, 0) is 9.84 Å². The van der Waals surface area contributed by atoms with Crippen LogP contribution in [0.5, 0.6) is 5.75 Å². The summed E-state index contributed by atoms with van der Waals surface area (Å²) in [6.07, 6.45) is 2.16. The van der Waals surface area contributed by atoms with E-state index in [-0.39, 0.29) is 5.75 Å². The van der Waals surface area contributed by atoms with E-state index in [0.717, 1.165) is 11.3 Å². The molecule has 1 aromatic rings. The molecule has 0 bridgehead atoms. The van der Waals surface area contributed by atoms with E-state index in [2.05, 4.69) is 0 Å². The van der Waals surface area contributed by atoms with E-state index < -0.39 is 9.84 Å². The summed E-state index contributed by atoms with van der Waals surface area (Å²) in [4.78, 5) is 0.971. The third kappa shape index (κ3) is 5.64. The highest BCUT2D eigenvalue weighted by Gasteiger charge is 2.05. The molecule has 0 unspecified atom stereocenters. The lowest BCUT2D eigenvalue weighted by Crippen LogP contribution is -2.05. The van der Waals surface area contributed by atoms with Gasteiger partial charge in [0.1, 0.15) is 15.6 Å². The average Bonchev–Trinajstić information content (AvgIpc) is 2.28. The molecule has 1 aromatic carbocycles. The number of ether oxygens (including phenoxy) is 1. The predicted molar refractivity (Wildman–Crippen MR) is 77.1 cm³/mol. The van der Waals surface area contributed by atoms with E-state index in [1.54, 1.807) is 6.07 Å². The molecule has 0 aliphatic heterocycles. The Morgan fingerprint density at radius 2 is 2.11 bits per heavy atom. The maximum atomic E-state index is 11.0. The zero-order valence-corrected chi connectivity index (χ0v) is 12.3. The lowest BCUT2D eigenvalue weighted by Gasteiger charge is -2.09. The number of benzene rings is 1. The lowest BCUT2D eigenvalue weighted by molar-refractivity contribution is 0.318. The molecule has 1 rings (SSSR count). The molecule has 0 amide bonds. The first-order valence-corrected chi connectivity index (χ1v) is 8.80. The summed E-state index contributed by atoms with van der Waals surface area (Å²) in [7, 11) is -2.90. The van der Waals surface area contributed by atoms with E-state index in [4.69, 9.17) is 10.5 Å². The maximum Gasteiger partial charge on any atom is 0.148 e. The molecule has 0 fully saturated rings. The molecule has 0 aliphatic carbocycles. The van der Waals surface area contributed by atoms with Crippen molar-refractivity contribution >= 4 is 27.3 Å². The van der Waals surface area contributed by atoms with Gasteiger partial charge in [-0.25, -0.2) is 8.42 Å². The maximum absolute atomic E-state index is 11.0. The molecule has 0 spiro atoms. The number of hydrogen-bond acceptors (Lipinski definition) is 5. The molecule has 0 aromatic heterocycles. The Labute approximate surface area is 113 Å². The van der Waals surface area contributed by atoms with Crippen molar-refractivity contribution in [2.24, 2.45) is 0 Å². The molecule has 0 radical (unpaired) electrons. The van der Waals surface area contributed by atoms with Crippen molar-refractivity contribution < 1.29 is 13.2 Å². The van der Waals surface area contributed by atoms with Crippen LogP contribution in [0.4, 0.5) is 5.69 Å². The first-order valence-electron chi connectivity index (χ1n) is 5.75. The van der Waals surface area contributed by atoms with Crippen LogP contribution in [0.15, 0.2) is 23.1 Å². The Morgan fingerprint density at radius 3 is 2.72 bits per heavy atom. The second-order valence-electron chi connectivity index (χ2n) is 4.03. The highest BCUT2D eigenvalue weighted by Crippen LogP contribution is 2.28. The van der Waals surface area contributed by atoms with E-state index in [0.29, 0.717) is 23.8 Å². The molecular formula is C12H19NO3S2. The predicted octanol–water partition coefficient (Wildman–Crippen LogP) is 2.19. The smallest absolute Gasteiger partial charge is 0.148 e. The quantitative estimate of drug-likeness (QED) is 0.615. The number of thioether (sulfide) groups is 1. The van der Waals surface area contributed by atoms with Crippen LogP contribution in [0.3, 0.4) is 0 Å². The van der Waals surface area contributed by atoms with Crippen LogP contribution in [0, 0.1) is 0 Å². The Morgan fingerprint density at radius 1 is 1.39 bits per heavy atom. The van der Waals surface area contributed by atoms with Crippen LogP contribution >= 0.6 is 11.8 Å². The van der Waals surface area contributed by atoms with Gasteiger partial charge in [-0.15, -0.1) is 11.8 Å². The van der Waals surface area contributed by atoms with Crippen LogP contribution in [0.1, 0.15) is 13.3 Å². The number of anilines is 1. The minimum Gasteiger partial charge on any atom is -0.491 e. The van der Waals surface area contributed by atoms with Crippen LogP contribution in [0.2, 0.25) is 0 Å². The van der Waals surface area contributed by atoms with Crippen molar-refractivity contribution in [1.82, 2.24) is 0 Å². The largest absolute Gasteiger partial charge is 0.491 e. The summed E-state index contributed by atoms with van der Waals surface area (Å²) in [6.45, 7) is 2.66. The van der Waals surface area contributed by atoms with Crippen molar-refractivity contribution in [2.75, 3.05) is 30.1 Å². The molecule has 0 saturated heterocycles. The third-order valence-electron chi connectivity index (χ3n) is 2.17. The van der Waals surface area contributed by atoms with Crippen molar-refractivity contribution in [3.05, 3.63) is 18.2 Å². The van der Waals surface area contributed by atoms with Crippen molar-refractivity contribution in [1.29, 1.82) is 0 Å². The highest BCUT2D eigenvalue weighted by molar-refractivity contribution is 8.00. The molecule has 0 saturated carbocycles.